The minimum Gasteiger partial charge on any atom is -0.305 e. The molecule has 5 nitrogen and oxygen atoms in total. The average molecular weight is 243 g/mol. The molecular formula is C10H13NO4S. The summed E-state index contributed by atoms with van der Waals surface area (Å²) >= 11 is -2.16. The van der Waals surface area contributed by atoms with Crippen LogP contribution in [0.5, 0.6) is 0 Å². The van der Waals surface area contributed by atoms with E-state index in [2.05, 4.69) is 0 Å². The van der Waals surface area contributed by atoms with Crippen molar-refractivity contribution in [3.8, 4) is 0 Å². The summed E-state index contributed by atoms with van der Waals surface area (Å²) in [6.45, 7) is 4.74. The van der Waals surface area contributed by atoms with Crippen LogP contribution < -0.4 is 0 Å². The van der Waals surface area contributed by atoms with Gasteiger partial charge in [0.15, 0.2) is 11.1 Å². The molecule has 1 aromatic carbocycles. The highest BCUT2D eigenvalue weighted by atomic mass is 32.2. The smallest absolute Gasteiger partial charge is 0.274 e. The van der Waals surface area contributed by atoms with Crippen molar-refractivity contribution < 1.29 is 13.7 Å². The van der Waals surface area contributed by atoms with Gasteiger partial charge in [-0.25, -0.2) is 4.21 Å². The summed E-state index contributed by atoms with van der Waals surface area (Å²) < 4.78 is 19.2. The van der Waals surface area contributed by atoms with Crippen LogP contribution in [0.4, 0.5) is 5.69 Å². The lowest BCUT2D eigenvalue weighted by Gasteiger charge is -2.20. The van der Waals surface area contributed by atoms with Crippen molar-refractivity contribution in [3.05, 3.63) is 39.4 Å². The van der Waals surface area contributed by atoms with E-state index in [0.29, 0.717) is 0 Å². The maximum absolute atomic E-state index is 11.2. The highest BCUT2D eigenvalue weighted by molar-refractivity contribution is 7.80. The van der Waals surface area contributed by atoms with Gasteiger partial charge in [-0.3, -0.25) is 10.1 Å². The Morgan fingerprint density at radius 1 is 1.44 bits per heavy atom. The minimum absolute atomic E-state index is 0.118. The molecule has 0 heterocycles. The summed E-state index contributed by atoms with van der Waals surface area (Å²) in [6, 6.07) is 4.63. The van der Waals surface area contributed by atoms with Crippen LogP contribution in [0.25, 0.3) is 0 Å². The maximum atomic E-state index is 11.2. The first-order valence-corrected chi connectivity index (χ1v) is 5.74. The van der Waals surface area contributed by atoms with E-state index in [9.17, 15) is 14.3 Å². The predicted octanol–water partition coefficient (Wildman–Crippen LogP) is 2.36. The van der Waals surface area contributed by atoms with Crippen molar-refractivity contribution in [2.24, 2.45) is 0 Å². The molecule has 0 saturated heterocycles. The van der Waals surface area contributed by atoms with Crippen LogP contribution in [0.1, 0.15) is 25.0 Å². The van der Waals surface area contributed by atoms with Crippen LogP contribution >= 0.6 is 0 Å². The molecule has 0 aliphatic carbocycles. The Hall–Kier alpha value is -1.27. The molecule has 0 radical (unpaired) electrons. The largest absolute Gasteiger partial charge is 0.305 e. The molecule has 88 valence electrons. The summed E-state index contributed by atoms with van der Waals surface area (Å²) in [5, 5.41) is 10.9. The zero-order valence-corrected chi connectivity index (χ0v) is 10.1. The van der Waals surface area contributed by atoms with Crippen molar-refractivity contribution in [1.82, 2.24) is 0 Å². The number of nitro benzene ring substituents is 1. The highest BCUT2D eigenvalue weighted by Crippen LogP contribution is 2.34. The van der Waals surface area contributed by atoms with Crippen molar-refractivity contribution in [3.63, 3.8) is 0 Å². The second kappa shape index (κ2) is 4.31. The van der Waals surface area contributed by atoms with Crippen LogP contribution in [-0.4, -0.2) is 13.7 Å². The summed E-state index contributed by atoms with van der Waals surface area (Å²) in [6.07, 6.45) is 0. The average Bonchev–Trinajstić information content (AvgIpc) is 2.16. The summed E-state index contributed by atoms with van der Waals surface area (Å²) in [4.78, 5) is 10.3. The number of rotatable bonds is 3. The Labute approximate surface area is 95.9 Å². The fraction of sp³-hybridized carbons (Fsp3) is 0.400. The van der Waals surface area contributed by atoms with Crippen molar-refractivity contribution in [2.45, 2.75) is 25.5 Å². The molecule has 0 amide bonds. The molecule has 0 bridgehead atoms. The molecule has 6 heteroatoms. The number of nitrogens with zero attached hydrogens (tertiary/aromatic N) is 1. The van der Waals surface area contributed by atoms with Gasteiger partial charge in [0.05, 0.1) is 15.2 Å². The standard InChI is InChI=1S/C10H13NO4S/c1-7-4-5-8(9(6-7)11(12)13)10(2,3)16(14)15/h4-6H,1-3H3,(H,14,15). The van der Waals surface area contributed by atoms with E-state index in [-0.39, 0.29) is 11.3 Å². The van der Waals surface area contributed by atoms with E-state index < -0.39 is 20.8 Å². The number of benzene rings is 1. The SMILES string of the molecule is Cc1ccc(C(C)(C)S(=O)O)c([N+](=O)[O-])c1. The molecule has 1 rings (SSSR count). The van der Waals surface area contributed by atoms with Crippen LogP contribution in [0, 0.1) is 17.0 Å². The molecule has 0 aliphatic heterocycles. The lowest BCUT2D eigenvalue weighted by Crippen LogP contribution is -2.24. The predicted molar refractivity (Wildman–Crippen MR) is 61.6 cm³/mol. The summed E-state index contributed by atoms with van der Waals surface area (Å²) in [5.41, 5.74) is 0.895. The maximum Gasteiger partial charge on any atom is 0.274 e. The van der Waals surface area contributed by atoms with Gasteiger partial charge in [-0.2, -0.15) is 0 Å². The van der Waals surface area contributed by atoms with Gasteiger partial charge in [0.1, 0.15) is 0 Å². The summed E-state index contributed by atoms with van der Waals surface area (Å²) in [7, 11) is 0. The van der Waals surface area contributed by atoms with Crippen LogP contribution in [-0.2, 0) is 15.8 Å². The van der Waals surface area contributed by atoms with Gasteiger partial charge in [0.2, 0.25) is 0 Å². The lowest BCUT2D eigenvalue weighted by atomic mass is 9.99. The first-order valence-electron chi connectivity index (χ1n) is 4.63. The van der Waals surface area contributed by atoms with Crippen molar-refractivity contribution >= 4 is 16.8 Å². The van der Waals surface area contributed by atoms with Gasteiger partial charge in [0.25, 0.3) is 5.69 Å². The molecule has 16 heavy (non-hydrogen) atoms. The Morgan fingerprint density at radius 2 is 2.00 bits per heavy atom. The molecule has 0 saturated carbocycles. The van der Waals surface area contributed by atoms with Crippen LogP contribution in [0.15, 0.2) is 18.2 Å². The van der Waals surface area contributed by atoms with Gasteiger partial charge < -0.3 is 4.55 Å². The highest BCUT2D eigenvalue weighted by Gasteiger charge is 2.34. The molecule has 0 fully saturated rings. The molecule has 1 unspecified atom stereocenters. The Bertz CT molecular complexity index is 456. The van der Waals surface area contributed by atoms with E-state index in [1.165, 1.54) is 26.0 Å². The minimum atomic E-state index is -2.16. The van der Waals surface area contributed by atoms with Crippen molar-refractivity contribution in [1.29, 1.82) is 0 Å². The molecule has 0 spiro atoms. The van der Waals surface area contributed by atoms with E-state index in [1.807, 2.05) is 0 Å². The lowest BCUT2D eigenvalue weighted by molar-refractivity contribution is -0.385. The summed E-state index contributed by atoms with van der Waals surface area (Å²) in [5.74, 6) is 0. The fourth-order valence-corrected chi connectivity index (χ4v) is 1.76. The molecule has 0 aromatic heterocycles. The van der Waals surface area contributed by atoms with E-state index in [0.717, 1.165) is 5.56 Å². The Kier molecular flexibility index (Phi) is 3.44. The normalized spacial score (nSPS) is 13.5. The van der Waals surface area contributed by atoms with Gasteiger partial charge >= 0.3 is 0 Å². The second-order valence-electron chi connectivity index (χ2n) is 4.04. The van der Waals surface area contributed by atoms with E-state index >= 15 is 0 Å². The number of hydrogen-bond donors (Lipinski definition) is 1. The molecular weight excluding hydrogens is 230 g/mol. The number of aryl methyl sites for hydroxylation is 1. The third-order valence-electron chi connectivity index (χ3n) is 2.44. The topological polar surface area (TPSA) is 80.4 Å². The third-order valence-corrected chi connectivity index (χ3v) is 3.53. The molecule has 1 aromatic rings. The van der Waals surface area contributed by atoms with Crippen molar-refractivity contribution in [2.75, 3.05) is 0 Å². The van der Waals surface area contributed by atoms with E-state index in [4.69, 9.17) is 4.55 Å². The quantitative estimate of drug-likeness (QED) is 0.502. The third kappa shape index (κ3) is 2.28. The second-order valence-corrected chi connectivity index (χ2v) is 5.56. The molecule has 1 N–H and O–H groups in total. The first-order chi connectivity index (χ1) is 7.26. The molecule has 0 aliphatic rings. The molecule has 1 atom stereocenters. The number of hydrogen-bond acceptors (Lipinski definition) is 3. The Morgan fingerprint density at radius 3 is 2.44 bits per heavy atom. The Balaban J connectivity index is 3.45. The zero-order chi connectivity index (χ0) is 12.5. The monoisotopic (exact) mass is 243 g/mol. The van der Waals surface area contributed by atoms with E-state index in [1.54, 1.807) is 13.0 Å². The fourth-order valence-electron chi connectivity index (χ4n) is 1.40. The number of nitro groups is 1. The zero-order valence-electron chi connectivity index (χ0n) is 9.26. The first kappa shape index (κ1) is 12.8. The van der Waals surface area contributed by atoms with Gasteiger partial charge in [-0.05, 0) is 26.3 Å². The van der Waals surface area contributed by atoms with Gasteiger partial charge in [-0.15, -0.1) is 0 Å². The van der Waals surface area contributed by atoms with Crippen LogP contribution in [0.2, 0.25) is 0 Å². The van der Waals surface area contributed by atoms with Gasteiger partial charge in [0, 0.05) is 6.07 Å². The van der Waals surface area contributed by atoms with Crippen LogP contribution in [0.3, 0.4) is 0 Å². The van der Waals surface area contributed by atoms with Gasteiger partial charge in [-0.1, -0.05) is 12.1 Å².